The van der Waals surface area contributed by atoms with Crippen LogP contribution in [-0.4, -0.2) is 53.2 Å². The number of carbonyl (C=O) groups excluding carboxylic acids is 1. The molecule has 0 bridgehead atoms. The third-order valence-corrected chi connectivity index (χ3v) is 8.68. The molecule has 1 amide bonds. The molecular formula is C31H24BrF3N8O2. The van der Waals surface area contributed by atoms with Crippen molar-refractivity contribution in [2.45, 2.75) is 25.6 Å². The summed E-state index contributed by atoms with van der Waals surface area (Å²) in [5.41, 5.74) is 3.13. The number of carbonyl (C=O) groups is 1. The Balaban J connectivity index is 1.36. The third-order valence-electron chi connectivity index (χ3n) is 7.98. The van der Waals surface area contributed by atoms with Crippen molar-refractivity contribution in [2.24, 2.45) is 0 Å². The molecule has 6 aromatic rings. The number of rotatable bonds is 5. The lowest BCUT2D eigenvalue weighted by Crippen LogP contribution is -2.41. The number of fused-ring (bicyclic) bond motifs is 4. The highest BCUT2D eigenvalue weighted by Crippen LogP contribution is 2.36. The molecule has 0 aliphatic carbocycles. The lowest BCUT2D eigenvalue weighted by Gasteiger charge is -2.30. The lowest BCUT2D eigenvalue weighted by molar-refractivity contribution is -0.138. The van der Waals surface area contributed by atoms with Gasteiger partial charge in [0.1, 0.15) is 5.65 Å². The molecular weight excluding hydrogens is 653 g/mol. The first-order valence-corrected chi connectivity index (χ1v) is 14.8. The van der Waals surface area contributed by atoms with E-state index in [0.29, 0.717) is 40.6 Å². The van der Waals surface area contributed by atoms with Crippen LogP contribution in [0.3, 0.4) is 0 Å². The van der Waals surface area contributed by atoms with Crippen molar-refractivity contribution in [1.82, 2.24) is 33.7 Å². The number of nitrogens with zero attached hydrogens (tertiary/aromatic N) is 7. The number of anilines is 1. The number of alkyl halides is 3. The molecule has 0 radical (unpaired) electrons. The van der Waals surface area contributed by atoms with E-state index >= 15 is 0 Å². The van der Waals surface area contributed by atoms with Crippen molar-refractivity contribution in [1.29, 1.82) is 0 Å². The van der Waals surface area contributed by atoms with E-state index in [1.165, 1.54) is 17.0 Å². The first-order valence-electron chi connectivity index (χ1n) is 14.0. The molecule has 0 saturated heterocycles. The van der Waals surface area contributed by atoms with Gasteiger partial charge in [0.05, 0.1) is 29.7 Å². The standard InChI is InChI=1S/C31H24BrF3N8O2/c1-36-30-39-38-26-15-21(9-12-41(26)30)42-27-20(13-18-5-3-2-4-6-18)16-37-43(27)25-17-40(11-10-22(25)29(42)45)28(44)19-7-8-24(32)23(14-19)31(33,34)35/h2-9,12,14-16H,10-11,13,17H2,1H3,(H,36,39). The Morgan fingerprint density at radius 3 is 2.62 bits per heavy atom. The zero-order chi connectivity index (χ0) is 31.5. The fourth-order valence-corrected chi connectivity index (χ4v) is 6.29. The topological polar surface area (TPSA) is 102 Å². The number of amides is 1. The second-order valence-corrected chi connectivity index (χ2v) is 11.5. The van der Waals surface area contributed by atoms with Crippen molar-refractivity contribution in [3.05, 3.63) is 121 Å². The van der Waals surface area contributed by atoms with Crippen LogP contribution in [0.15, 0.2) is 82.3 Å². The minimum absolute atomic E-state index is 0.000634. The van der Waals surface area contributed by atoms with Gasteiger partial charge in [-0.3, -0.25) is 18.6 Å². The molecule has 7 rings (SSSR count). The van der Waals surface area contributed by atoms with Crippen LogP contribution in [0.5, 0.6) is 0 Å². The first kappa shape index (κ1) is 28.8. The van der Waals surface area contributed by atoms with Crippen LogP contribution >= 0.6 is 15.9 Å². The molecule has 45 heavy (non-hydrogen) atoms. The summed E-state index contributed by atoms with van der Waals surface area (Å²) in [6, 6.07) is 16.8. The van der Waals surface area contributed by atoms with E-state index in [-0.39, 0.29) is 35.1 Å². The molecule has 10 nitrogen and oxygen atoms in total. The predicted molar refractivity (Wildman–Crippen MR) is 164 cm³/mol. The summed E-state index contributed by atoms with van der Waals surface area (Å²) in [4.78, 5) is 29.3. The molecule has 1 N–H and O–H groups in total. The molecule has 5 heterocycles. The maximum Gasteiger partial charge on any atom is 0.417 e. The molecule has 0 saturated carbocycles. The molecule has 2 aromatic carbocycles. The Morgan fingerprint density at radius 2 is 1.87 bits per heavy atom. The number of pyridine rings is 1. The van der Waals surface area contributed by atoms with Gasteiger partial charge in [0, 0.05) is 53.4 Å². The number of hydrogen-bond donors (Lipinski definition) is 1. The first-order chi connectivity index (χ1) is 21.6. The average Bonchev–Trinajstić information content (AvgIpc) is 3.64. The largest absolute Gasteiger partial charge is 0.417 e. The Morgan fingerprint density at radius 1 is 1.07 bits per heavy atom. The molecule has 228 valence electrons. The molecule has 1 aliphatic heterocycles. The van der Waals surface area contributed by atoms with E-state index in [2.05, 4.69) is 36.5 Å². The Bertz CT molecular complexity index is 2170. The molecule has 1 aliphatic rings. The number of aromatic nitrogens is 6. The highest BCUT2D eigenvalue weighted by atomic mass is 79.9. The van der Waals surface area contributed by atoms with E-state index in [4.69, 9.17) is 0 Å². The van der Waals surface area contributed by atoms with Gasteiger partial charge in [-0.15, -0.1) is 10.2 Å². The van der Waals surface area contributed by atoms with Crippen molar-refractivity contribution in [3.8, 4) is 5.69 Å². The van der Waals surface area contributed by atoms with Crippen LogP contribution < -0.4 is 10.9 Å². The van der Waals surface area contributed by atoms with E-state index in [0.717, 1.165) is 17.2 Å². The van der Waals surface area contributed by atoms with Gasteiger partial charge in [-0.05, 0) is 36.2 Å². The molecule has 14 heteroatoms. The van der Waals surface area contributed by atoms with Gasteiger partial charge in [0.25, 0.3) is 11.5 Å². The summed E-state index contributed by atoms with van der Waals surface area (Å²) < 4.78 is 45.6. The van der Waals surface area contributed by atoms with Crippen LogP contribution in [0.25, 0.3) is 17.0 Å². The molecule has 0 spiro atoms. The van der Waals surface area contributed by atoms with Crippen LogP contribution in [0.4, 0.5) is 19.1 Å². The minimum atomic E-state index is -4.63. The molecule has 0 fully saturated rings. The van der Waals surface area contributed by atoms with Crippen molar-refractivity contribution < 1.29 is 18.0 Å². The maximum atomic E-state index is 14.3. The quantitative estimate of drug-likeness (QED) is 0.271. The molecule has 0 atom stereocenters. The fraction of sp³-hybridized carbons (Fsp3) is 0.194. The van der Waals surface area contributed by atoms with Gasteiger partial charge >= 0.3 is 6.18 Å². The number of halogens is 4. The van der Waals surface area contributed by atoms with Crippen molar-refractivity contribution >= 4 is 39.1 Å². The lowest BCUT2D eigenvalue weighted by atomic mass is 10.0. The number of hydrogen-bond acceptors (Lipinski definition) is 6. The maximum absolute atomic E-state index is 14.3. The fourth-order valence-electron chi connectivity index (χ4n) is 5.82. The van der Waals surface area contributed by atoms with Crippen LogP contribution in [0, 0.1) is 0 Å². The van der Waals surface area contributed by atoms with Crippen LogP contribution in [-0.2, 0) is 25.6 Å². The zero-order valence-electron chi connectivity index (χ0n) is 23.7. The van der Waals surface area contributed by atoms with Crippen molar-refractivity contribution in [2.75, 3.05) is 18.9 Å². The predicted octanol–water partition coefficient (Wildman–Crippen LogP) is 5.14. The monoisotopic (exact) mass is 676 g/mol. The summed E-state index contributed by atoms with van der Waals surface area (Å²) in [5.74, 6) is -0.0169. The minimum Gasteiger partial charge on any atom is -0.357 e. The van der Waals surface area contributed by atoms with Gasteiger partial charge < -0.3 is 10.2 Å². The van der Waals surface area contributed by atoms with Gasteiger partial charge in [0.15, 0.2) is 5.65 Å². The average molecular weight is 677 g/mol. The highest BCUT2D eigenvalue weighted by Gasteiger charge is 2.35. The molecule has 4 aromatic heterocycles. The summed E-state index contributed by atoms with van der Waals surface area (Å²) in [7, 11) is 1.74. The summed E-state index contributed by atoms with van der Waals surface area (Å²) in [5, 5.41) is 16.0. The SMILES string of the molecule is CNc1nnc2cc(-n3c(=O)c4c(n5ncc(Cc6ccccc6)c35)CN(C(=O)c3ccc(Br)c(C(F)(F)F)c3)CC4)ccn12. The third kappa shape index (κ3) is 4.94. The summed E-state index contributed by atoms with van der Waals surface area (Å²) >= 11 is 2.93. The smallest absolute Gasteiger partial charge is 0.357 e. The second-order valence-electron chi connectivity index (χ2n) is 10.7. The van der Waals surface area contributed by atoms with Gasteiger partial charge in [-0.25, -0.2) is 4.52 Å². The van der Waals surface area contributed by atoms with E-state index in [1.54, 1.807) is 45.1 Å². The number of nitrogens with one attached hydrogen (secondary N) is 1. The Hall–Kier alpha value is -4.98. The summed E-state index contributed by atoms with van der Waals surface area (Å²) in [6.45, 7) is 0.149. The highest BCUT2D eigenvalue weighted by molar-refractivity contribution is 9.10. The normalized spacial score (nSPS) is 13.4. The second kappa shape index (κ2) is 10.9. The van der Waals surface area contributed by atoms with E-state index in [1.807, 2.05) is 30.3 Å². The van der Waals surface area contributed by atoms with Crippen molar-refractivity contribution in [3.63, 3.8) is 0 Å². The molecule has 0 unspecified atom stereocenters. The zero-order valence-corrected chi connectivity index (χ0v) is 25.3. The Kier molecular flexibility index (Phi) is 6.95. The summed E-state index contributed by atoms with van der Waals surface area (Å²) in [6.07, 6.45) is -0.460. The van der Waals surface area contributed by atoms with E-state index in [9.17, 15) is 22.8 Å². The van der Waals surface area contributed by atoms with Crippen LogP contribution in [0.2, 0.25) is 0 Å². The van der Waals surface area contributed by atoms with E-state index < -0.39 is 17.6 Å². The van der Waals surface area contributed by atoms with Crippen LogP contribution in [0.1, 0.15) is 38.3 Å². The number of benzene rings is 2. The van der Waals surface area contributed by atoms with Gasteiger partial charge in [-0.2, -0.15) is 18.3 Å². The van der Waals surface area contributed by atoms with Gasteiger partial charge in [0.2, 0.25) is 5.95 Å². The Labute approximate surface area is 261 Å². The van der Waals surface area contributed by atoms with Gasteiger partial charge in [-0.1, -0.05) is 46.3 Å².